The fourth-order valence-electron chi connectivity index (χ4n) is 15.7. The van der Waals surface area contributed by atoms with Crippen molar-refractivity contribution >= 4 is 77.7 Å². The summed E-state index contributed by atoms with van der Waals surface area (Å²) in [5.74, 6) is -5.79. The molecule has 694 valence electrons. The predicted octanol–water partition coefficient (Wildman–Crippen LogP) is 8.69. The number of hydrogen-bond acceptors (Lipinski definition) is 28. The maximum Gasteiger partial charge on any atom is 0.282 e. The van der Waals surface area contributed by atoms with Crippen LogP contribution in [-0.2, 0) is 29.6 Å². The van der Waals surface area contributed by atoms with Gasteiger partial charge in [0.2, 0.25) is 31.9 Å². The van der Waals surface area contributed by atoms with Crippen LogP contribution in [0.25, 0.3) is 68.1 Å². The first-order valence-corrected chi connectivity index (χ1v) is 44.9. The van der Waals surface area contributed by atoms with E-state index in [2.05, 4.69) is 110 Å². The van der Waals surface area contributed by atoms with E-state index in [1.165, 1.54) is 161 Å². The Kier molecular flexibility index (Phi) is 28.7. The van der Waals surface area contributed by atoms with E-state index >= 15 is 17.6 Å². The maximum atomic E-state index is 15.2. The number of halogens is 12. The number of alkyl halides is 12. The molecule has 17 rings (SSSR count). The van der Waals surface area contributed by atoms with E-state index in [-0.39, 0.29) is 55.3 Å². The van der Waals surface area contributed by atoms with Crippen LogP contribution in [-0.4, -0.2) is 280 Å². The number of nitrogens with one attached hydrogen (secondary N) is 4. The van der Waals surface area contributed by atoms with E-state index in [9.17, 15) is 61.5 Å². The minimum Gasteiger partial charge on any atom is -0.356 e. The van der Waals surface area contributed by atoms with E-state index in [0.717, 1.165) is 88.9 Å². The molecule has 16 heterocycles. The number of rotatable bonds is 25. The van der Waals surface area contributed by atoms with Crippen molar-refractivity contribution in [2.24, 2.45) is 29.6 Å². The topological polar surface area (TPSA) is 394 Å². The lowest BCUT2D eigenvalue weighted by atomic mass is 9.89. The van der Waals surface area contributed by atoms with Gasteiger partial charge in [-0.05, 0) is 127 Å². The average Bonchev–Trinajstić information content (AvgIpc) is 1.02. The number of carbonyl (C=O) groups excluding carboxylic acids is 2. The molecule has 0 bridgehead atoms. The van der Waals surface area contributed by atoms with Gasteiger partial charge in [0.05, 0.1) is 84.0 Å². The Morgan fingerprint density at radius 2 is 0.708 bits per heavy atom. The van der Waals surface area contributed by atoms with Crippen LogP contribution in [0.2, 0.25) is 0 Å². The van der Waals surface area contributed by atoms with E-state index in [4.69, 9.17) is 0 Å². The van der Waals surface area contributed by atoms with Crippen LogP contribution < -0.4 is 39.7 Å². The lowest BCUT2D eigenvalue weighted by Gasteiger charge is -2.46. The summed E-state index contributed by atoms with van der Waals surface area (Å²) in [4.78, 5) is 84.6. The fourth-order valence-corrected chi connectivity index (χ4v) is 16.7. The highest BCUT2D eigenvalue weighted by Crippen LogP contribution is 2.41. The number of imidazole rings is 4. The molecule has 130 heavy (non-hydrogen) atoms. The second-order valence-corrected chi connectivity index (χ2v) is 36.2. The number of piperidine rings is 4. The molecule has 1 saturated carbocycles. The number of anilines is 4. The summed E-state index contributed by atoms with van der Waals surface area (Å²) >= 11 is 0. The fraction of sp³-hybridized carbons (Fsp3) is 0.475. The summed E-state index contributed by atoms with van der Waals surface area (Å²) in [6.45, 7) is 4.73. The van der Waals surface area contributed by atoms with E-state index in [1.807, 2.05) is 12.1 Å². The van der Waals surface area contributed by atoms with E-state index in [1.54, 1.807) is 22.2 Å². The third-order valence-electron chi connectivity index (χ3n) is 22.6. The van der Waals surface area contributed by atoms with Gasteiger partial charge < -0.3 is 30.2 Å². The molecular weight excluding hydrogens is 1770 g/mol. The molecule has 4 N–H and O–H groups in total. The smallest absolute Gasteiger partial charge is 0.282 e. The van der Waals surface area contributed by atoms with Gasteiger partial charge in [-0.2, -0.15) is 20.4 Å². The Morgan fingerprint density at radius 3 is 0.985 bits per heavy atom. The number of likely N-dealkylation sites (N-methyl/N-ethyl adjacent to an activating group) is 2. The number of aromatic nitrogens is 20. The molecule has 2 amide bonds. The van der Waals surface area contributed by atoms with Crippen LogP contribution in [0.1, 0.15) is 93.9 Å². The van der Waals surface area contributed by atoms with Crippen LogP contribution in [0.4, 0.5) is 76.0 Å². The Bertz CT molecular complexity index is 6030. The standard InChI is InChI=1S/C21H23F2N7O.2C20H24F4N8O2S.C19H21F2N7O/c22-20(23)15-5-6-18-24-10-17(30(18)28-15)16-8-19(27-12-26-16)29-7-1-2-13(11-29)9-25-21(31)14-3-4-14;2*1-30(2)16-10-31(9-12(20(16,23)24)7-28-35(3,33)34)18-6-14(26-11-27-18)15-8-25-17-5-4-13(19(21)22)29-32(15)17;1-12(29)22-8-13-3-2-6-27(10-13)18-7-15(24-11-25-18)16-9-23-17-5-4-14(19(20)21)26-28(16)17/h5-6,8,10,12-14,20H,1-4,7,9,11H2,(H,25,31);2*4-6,8,11-12,16,19,28H,7,9-10H2,1-3H3;4-5,7,9,11,13,19H,2-3,6,8,10H2,1H3,(H,22,29). The van der Waals surface area contributed by atoms with Gasteiger partial charge in [0, 0.05) is 116 Å². The molecule has 0 aromatic carbocycles. The van der Waals surface area contributed by atoms with Crippen LogP contribution in [0.5, 0.6) is 0 Å². The van der Waals surface area contributed by atoms with Crippen LogP contribution in [0.15, 0.2) is 123 Å². The Labute approximate surface area is 736 Å². The molecule has 5 fully saturated rings. The quantitative estimate of drug-likeness (QED) is 0.0388. The number of fused-ring (bicyclic) bond motifs is 4. The van der Waals surface area contributed by atoms with Gasteiger partial charge >= 0.3 is 0 Å². The van der Waals surface area contributed by atoms with Gasteiger partial charge in [-0.1, -0.05) is 0 Å². The number of amides is 2. The minimum atomic E-state index is -3.67. The van der Waals surface area contributed by atoms with Crippen molar-refractivity contribution in [2.75, 3.05) is 139 Å². The summed E-state index contributed by atoms with van der Waals surface area (Å²) in [7, 11) is -1.24. The molecule has 4 saturated heterocycles. The first kappa shape index (κ1) is 94.0. The third-order valence-corrected chi connectivity index (χ3v) is 24.0. The van der Waals surface area contributed by atoms with Crippen LogP contribution in [0, 0.1) is 29.6 Å². The molecule has 6 unspecified atom stereocenters. The highest BCUT2D eigenvalue weighted by atomic mass is 32.2. The normalized spacial score (nSPS) is 19.6. The van der Waals surface area contributed by atoms with Crippen LogP contribution in [0.3, 0.4) is 0 Å². The SMILES string of the molecule is CC(=O)NCC1CCCN(c2cc(-c3cnc4ccc(C(F)F)nn34)ncn2)C1.CN(C)C1CN(c2cc(-c3cnc4ccc(C(F)F)nn34)ncn2)CC(CNS(C)(=O)=O)C1(F)F.CN(C)C1CN(c2cc(-c3cnc4ccc(C(F)F)nn34)ncn2)CC(CNS(C)(=O)=O)C1(F)F.O=C(NCC1CCCN(c2cc(-c3cnc4ccc(C(F)F)nn34)ncn2)C1)C1CC1. The average molecular weight is 1860 g/mol. The second-order valence-electron chi connectivity index (χ2n) is 32.6. The summed E-state index contributed by atoms with van der Waals surface area (Å²) in [6, 6.07) is 15.1. The van der Waals surface area contributed by atoms with Crippen molar-refractivity contribution < 1.29 is 79.1 Å². The van der Waals surface area contributed by atoms with Crippen molar-refractivity contribution in [3.05, 3.63) is 146 Å². The number of sulfonamides is 2. The summed E-state index contributed by atoms with van der Waals surface area (Å²) in [5, 5.41) is 21.8. The molecular formula is C80H92F12N30O6S2. The molecule has 6 atom stereocenters. The molecule has 12 aromatic heterocycles. The highest BCUT2D eigenvalue weighted by Gasteiger charge is 2.54. The monoisotopic (exact) mass is 1860 g/mol. The Morgan fingerprint density at radius 1 is 0.408 bits per heavy atom. The maximum absolute atomic E-state index is 15.2. The second kappa shape index (κ2) is 39.7. The molecule has 0 radical (unpaired) electrons. The number of hydrogen-bond donors (Lipinski definition) is 4. The highest BCUT2D eigenvalue weighted by molar-refractivity contribution is 7.89. The molecule has 50 heteroatoms. The van der Waals surface area contributed by atoms with Crippen molar-refractivity contribution in [3.8, 4) is 45.6 Å². The van der Waals surface area contributed by atoms with E-state index < -0.39 is 106 Å². The summed E-state index contributed by atoms with van der Waals surface area (Å²) < 4.78 is 221. The lowest BCUT2D eigenvalue weighted by Crippen LogP contribution is -2.63. The van der Waals surface area contributed by atoms with Gasteiger partial charge in [0.25, 0.3) is 37.5 Å². The Hall–Kier alpha value is -12.2. The van der Waals surface area contributed by atoms with Gasteiger partial charge in [-0.15, -0.1) is 0 Å². The van der Waals surface area contributed by atoms with Crippen molar-refractivity contribution in [1.29, 1.82) is 0 Å². The molecule has 0 spiro atoms. The van der Waals surface area contributed by atoms with E-state index in [0.29, 0.717) is 105 Å². The zero-order chi connectivity index (χ0) is 92.8. The van der Waals surface area contributed by atoms with Gasteiger partial charge in [0.1, 0.15) is 94.1 Å². The molecule has 1 aliphatic carbocycles. The van der Waals surface area contributed by atoms with Crippen LogP contribution >= 0.6 is 0 Å². The molecule has 4 aliphatic heterocycles. The zero-order valence-electron chi connectivity index (χ0n) is 71.1. The largest absolute Gasteiger partial charge is 0.356 e. The lowest BCUT2D eigenvalue weighted by molar-refractivity contribution is -0.122. The summed E-state index contributed by atoms with van der Waals surface area (Å²) in [5.41, 5.74) is 3.59. The van der Waals surface area contributed by atoms with Crippen molar-refractivity contribution in [1.82, 2.24) is 128 Å². The first-order chi connectivity index (χ1) is 61.8. The predicted molar refractivity (Wildman–Crippen MR) is 452 cm³/mol. The Balaban J connectivity index is 0.000000140. The van der Waals surface area contributed by atoms with Crippen molar-refractivity contribution in [3.63, 3.8) is 0 Å². The van der Waals surface area contributed by atoms with Gasteiger partial charge in [0.15, 0.2) is 22.6 Å². The molecule has 5 aliphatic rings. The molecule has 36 nitrogen and oxygen atoms in total. The zero-order valence-corrected chi connectivity index (χ0v) is 72.7. The van der Waals surface area contributed by atoms with Gasteiger partial charge in [-0.25, -0.2) is 157 Å². The number of carbonyl (C=O) groups is 2. The molecule has 12 aromatic rings. The van der Waals surface area contributed by atoms with Crippen molar-refractivity contribution in [2.45, 2.75) is 95.1 Å². The van der Waals surface area contributed by atoms with Gasteiger partial charge in [-0.3, -0.25) is 19.4 Å². The number of nitrogens with zero attached hydrogens (tertiary/aromatic N) is 26. The minimum absolute atomic E-state index is 0.0327. The summed E-state index contributed by atoms with van der Waals surface area (Å²) in [6.07, 6.45) is 8.49. The third kappa shape index (κ3) is 22.5. The first-order valence-electron chi connectivity index (χ1n) is 41.1.